The largest absolute Gasteiger partial charge is 0.497 e. The van der Waals surface area contributed by atoms with Crippen molar-refractivity contribution in [1.82, 2.24) is 4.98 Å². The second kappa shape index (κ2) is 9.46. The first-order chi connectivity index (χ1) is 15.8. The van der Waals surface area contributed by atoms with E-state index in [-0.39, 0.29) is 11.3 Å². The second-order valence-corrected chi connectivity index (χ2v) is 9.61. The van der Waals surface area contributed by atoms with E-state index in [1.807, 2.05) is 78.2 Å². The molecule has 1 heterocycles. The Morgan fingerprint density at radius 3 is 2.12 bits per heavy atom. The molecule has 4 rings (SSSR count). The zero-order valence-electron chi connectivity index (χ0n) is 19.2. The molecule has 1 aromatic heterocycles. The van der Waals surface area contributed by atoms with E-state index in [1.54, 1.807) is 18.4 Å². The number of methoxy groups -OCH3 is 1. The maximum atomic E-state index is 12.6. The number of thiazole rings is 1. The van der Waals surface area contributed by atoms with Gasteiger partial charge in [0.2, 0.25) is 0 Å². The van der Waals surface area contributed by atoms with Gasteiger partial charge in [0.25, 0.3) is 5.91 Å². The third kappa shape index (κ3) is 5.59. The van der Waals surface area contributed by atoms with Crippen LogP contribution in [0.2, 0.25) is 0 Å². The van der Waals surface area contributed by atoms with Crippen LogP contribution in [0.15, 0.2) is 78.2 Å². The number of hydrogen-bond donors (Lipinski definition) is 2. The lowest BCUT2D eigenvalue weighted by Crippen LogP contribution is -2.14. The summed E-state index contributed by atoms with van der Waals surface area (Å²) >= 11 is 1.54. The van der Waals surface area contributed by atoms with Gasteiger partial charge in [-0.2, -0.15) is 0 Å². The Kier molecular flexibility index (Phi) is 6.47. The van der Waals surface area contributed by atoms with Gasteiger partial charge in [-0.3, -0.25) is 4.79 Å². The summed E-state index contributed by atoms with van der Waals surface area (Å²) < 4.78 is 5.19. The first-order valence-electron chi connectivity index (χ1n) is 10.7. The summed E-state index contributed by atoms with van der Waals surface area (Å²) in [6, 6.07) is 23.2. The smallest absolute Gasteiger partial charge is 0.255 e. The number of carbonyl (C=O) groups excluding carboxylic acids is 1. The van der Waals surface area contributed by atoms with Crippen molar-refractivity contribution in [2.45, 2.75) is 26.2 Å². The molecule has 0 aliphatic carbocycles. The predicted molar refractivity (Wildman–Crippen MR) is 137 cm³/mol. The Hall–Kier alpha value is -3.64. The molecule has 5 nitrogen and oxygen atoms in total. The summed E-state index contributed by atoms with van der Waals surface area (Å²) in [5.41, 5.74) is 5.46. The van der Waals surface area contributed by atoms with Gasteiger partial charge in [0.1, 0.15) is 5.75 Å². The molecule has 2 N–H and O–H groups in total. The van der Waals surface area contributed by atoms with E-state index in [9.17, 15) is 4.79 Å². The second-order valence-electron chi connectivity index (χ2n) is 8.75. The molecular formula is C27H27N3O2S. The van der Waals surface area contributed by atoms with Crippen molar-refractivity contribution in [3.63, 3.8) is 0 Å². The van der Waals surface area contributed by atoms with E-state index in [1.165, 1.54) is 5.56 Å². The van der Waals surface area contributed by atoms with Gasteiger partial charge in [-0.25, -0.2) is 4.98 Å². The molecule has 0 radical (unpaired) electrons. The van der Waals surface area contributed by atoms with Crippen molar-refractivity contribution >= 4 is 33.8 Å². The lowest BCUT2D eigenvalue weighted by Gasteiger charge is -2.19. The lowest BCUT2D eigenvalue weighted by molar-refractivity contribution is 0.102. The Labute approximate surface area is 198 Å². The van der Waals surface area contributed by atoms with Crippen molar-refractivity contribution in [3.8, 4) is 17.0 Å². The van der Waals surface area contributed by atoms with Crippen LogP contribution in [0.3, 0.4) is 0 Å². The van der Waals surface area contributed by atoms with Crippen LogP contribution in [0.25, 0.3) is 11.3 Å². The zero-order valence-corrected chi connectivity index (χ0v) is 20.0. The van der Waals surface area contributed by atoms with E-state index in [0.29, 0.717) is 5.56 Å². The van der Waals surface area contributed by atoms with Gasteiger partial charge in [-0.1, -0.05) is 45.0 Å². The van der Waals surface area contributed by atoms with Crippen molar-refractivity contribution in [1.29, 1.82) is 0 Å². The quantitative estimate of drug-likeness (QED) is 0.324. The van der Waals surface area contributed by atoms with Crippen LogP contribution in [0.4, 0.5) is 16.5 Å². The fourth-order valence-electron chi connectivity index (χ4n) is 3.31. The first-order valence-corrected chi connectivity index (χ1v) is 11.6. The van der Waals surface area contributed by atoms with E-state index in [2.05, 4.69) is 36.4 Å². The average molecular weight is 458 g/mol. The molecule has 0 fully saturated rings. The molecule has 0 saturated heterocycles. The van der Waals surface area contributed by atoms with Gasteiger partial charge < -0.3 is 15.4 Å². The minimum Gasteiger partial charge on any atom is -0.497 e. The van der Waals surface area contributed by atoms with Crippen LogP contribution < -0.4 is 15.4 Å². The third-order valence-corrected chi connectivity index (χ3v) is 6.05. The van der Waals surface area contributed by atoms with Crippen LogP contribution in [-0.4, -0.2) is 18.0 Å². The topological polar surface area (TPSA) is 63.2 Å². The lowest BCUT2D eigenvalue weighted by atomic mass is 9.87. The monoisotopic (exact) mass is 457 g/mol. The summed E-state index contributed by atoms with van der Waals surface area (Å²) in [5, 5.41) is 9.09. The van der Waals surface area contributed by atoms with Crippen molar-refractivity contribution in [3.05, 3.63) is 89.3 Å². The Morgan fingerprint density at radius 2 is 1.52 bits per heavy atom. The van der Waals surface area contributed by atoms with E-state index >= 15 is 0 Å². The molecule has 0 spiro atoms. The van der Waals surface area contributed by atoms with Gasteiger partial charge in [-0.05, 0) is 59.5 Å². The van der Waals surface area contributed by atoms with Crippen LogP contribution in [-0.2, 0) is 5.41 Å². The van der Waals surface area contributed by atoms with E-state index < -0.39 is 0 Å². The number of carbonyl (C=O) groups is 1. The number of benzene rings is 3. The summed E-state index contributed by atoms with van der Waals surface area (Å²) in [5.74, 6) is 0.692. The maximum absolute atomic E-state index is 12.6. The van der Waals surface area contributed by atoms with Crippen LogP contribution in [0.1, 0.15) is 36.7 Å². The van der Waals surface area contributed by atoms with Crippen molar-refractivity contribution in [2.24, 2.45) is 0 Å². The third-order valence-electron chi connectivity index (χ3n) is 5.30. The van der Waals surface area contributed by atoms with Crippen LogP contribution in [0, 0.1) is 0 Å². The van der Waals surface area contributed by atoms with Gasteiger partial charge in [0.05, 0.1) is 12.8 Å². The minimum absolute atomic E-state index is 0.0601. The summed E-state index contributed by atoms with van der Waals surface area (Å²) in [7, 11) is 1.65. The molecule has 3 aromatic carbocycles. The van der Waals surface area contributed by atoms with Crippen LogP contribution >= 0.6 is 11.3 Å². The van der Waals surface area contributed by atoms with Crippen LogP contribution in [0.5, 0.6) is 5.75 Å². The van der Waals surface area contributed by atoms with Crippen molar-refractivity contribution in [2.75, 3.05) is 17.7 Å². The minimum atomic E-state index is -0.122. The molecular weight excluding hydrogens is 430 g/mol. The maximum Gasteiger partial charge on any atom is 0.255 e. The Morgan fingerprint density at radius 1 is 0.879 bits per heavy atom. The first kappa shape index (κ1) is 22.6. The molecule has 1 amide bonds. The molecule has 0 atom stereocenters. The summed E-state index contributed by atoms with van der Waals surface area (Å²) in [6.07, 6.45) is 0. The van der Waals surface area contributed by atoms with E-state index in [0.717, 1.165) is 33.5 Å². The number of anilines is 3. The fraction of sp³-hybridized carbons (Fsp3) is 0.185. The molecule has 33 heavy (non-hydrogen) atoms. The molecule has 0 bridgehead atoms. The highest BCUT2D eigenvalue weighted by Gasteiger charge is 2.14. The normalized spacial score (nSPS) is 11.2. The van der Waals surface area contributed by atoms with Crippen molar-refractivity contribution < 1.29 is 9.53 Å². The highest BCUT2D eigenvalue weighted by molar-refractivity contribution is 7.14. The Bertz CT molecular complexity index is 1220. The zero-order chi connectivity index (χ0) is 23.4. The number of aromatic nitrogens is 1. The number of nitrogens with one attached hydrogen (secondary N) is 2. The summed E-state index contributed by atoms with van der Waals surface area (Å²) in [4.78, 5) is 17.3. The van der Waals surface area contributed by atoms with Gasteiger partial charge in [-0.15, -0.1) is 11.3 Å². The average Bonchev–Trinajstić information content (AvgIpc) is 3.28. The summed E-state index contributed by atoms with van der Waals surface area (Å²) in [6.45, 7) is 6.47. The highest BCUT2D eigenvalue weighted by Crippen LogP contribution is 2.29. The molecule has 0 aliphatic heterocycles. The van der Waals surface area contributed by atoms with Gasteiger partial charge in [0, 0.05) is 27.9 Å². The number of nitrogens with zero attached hydrogens (tertiary/aromatic N) is 1. The highest BCUT2D eigenvalue weighted by atomic mass is 32.1. The van der Waals surface area contributed by atoms with Gasteiger partial charge >= 0.3 is 0 Å². The predicted octanol–water partition coefficient (Wildman–Crippen LogP) is 7.11. The molecule has 168 valence electrons. The molecule has 4 aromatic rings. The standard InChI is InChI=1S/C27H27N3O2S/c1-27(2,3)20-9-5-19(6-10-20)25(31)28-21-11-7-18(8-12-21)24-17-33-26(30-24)29-22-13-15-23(32-4)16-14-22/h5-17H,1-4H3,(H,28,31)(H,29,30). The number of amides is 1. The number of rotatable bonds is 6. The van der Waals surface area contributed by atoms with Gasteiger partial charge in [0.15, 0.2) is 5.13 Å². The number of ether oxygens (including phenoxy) is 1. The SMILES string of the molecule is COc1ccc(Nc2nc(-c3ccc(NC(=O)c4ccc(C(C)(C)C)cc4)cc3)cs2)cc1. The Balaban J connectivity index is 1.39. The molecule has 0 unspecified atom stereocenters. The molecule has 6 heteroatoms. The fourth-order valence-corrected chi connectivity index (χ4v) is 4.05. The number of hydrogen-bond acceptors (Lipinski definition) is 5. The van der Waals surface area contributed by atoms with E-state index in [4.69, 9.17) is 4.74 Å². The molecule has 0 aliphatic rings. The molecule has 0 saturated carbocycles.